The molecule has 0 saturated carbocycles. The summed E-state index contributed by atoms with van der Waals surface area (Å²) in [6.45, 7) is 4.06. The van der Waals surface area contributed by atoms with Gasteiger partial charge in [-0.3, -0.25) is 0 Å². The molecule has 0 aromatic carbocycles. The van der Waals surface area contributed by atoms with Crippen LogP contribution in [0.5, 0.6) is 0 Å². The molecule has 0 aliphatic carbocycles. The van der Waals surface area contributed by atoms with Crippen molar-refractivity contribution in [3.8, 4) is 0 Å². The molecule has 3 saturated heterocycles. The second kappa shape index (κ2) is 7.13. The SMILES string of the molecule is OCC(OCC1CO1)C(COCC1CO1)OCC1CO1. The highest BCUT2D eigenvalue weighted by molar-refractivity contribution is 4.77. The molecular weight excluding hydrogens is 268 g/mol. The lowest BCUT2D eigenvalue weighted by Crippen LogP contribution is -2.40. The van der Waals surface area contributed by atoms with Crippen LogP contribution in [0, 0.1) is 0 Å². The predicted octanol–water partition coefficient (Wildman–Crippen LogP) is -1.04. The zero-order chi connectivity index (χ0) is 13.8. The highest BCUT2D eigenvalue weighted by Crippen LogP contribution is 2.16. The van der Waals surface area contributed by atoms with Crippen molar-refractivity contribution in [1.29, 1.82) is 0 Å². The van der Waals surface area contributed by atoms with Crippen LogP contribution in [0.1, 0.15) is 0 Å². The normalized spacial score (nSPS) is 33.8. The van der Waals surface area contributed by atoms with Crippen LogP contribution in [-0.2, 0) is 28.4 Å². The summed E-state index contributed by atoms with van der Waals surface area (Å²) in [4.78, 5) is 0. The third-order valence-electron chi connectivity index (χ3n) is 3.38. The Hall–Kier alpha value is -0.280. The molecule has 7 heteroatoms. The molecule has 0 radical (unpaired) electrons. The molecule has 1 N–H and O–H groups in total. The van der Waals surface area contributed by atoms with Crippen LogP contribution in [0.25, 0.3) is 0 Å². The molecule has 20 heavy (non-hydrogen) atoms. The first-order chi connectivity index (χ1) is 9.85. The maximum absolute atomic E-state index is 9.47. The zero-order valence-corrected chi connectivity index (χ0v) is 11.4. The lowest BCUT2D eigenvalue weighted by atomic mass is 10.2. The summed E-state index contributed by atoms with van der Waals surface area (Å²) in [5, 5.41) is 9.47. The molecule has 0 amide bonds. The van der Waals surface area contributed by atoms with Gasteiger partial charge in [0.1, 0.15) is 30.5 Å². The van der Waals surface area contributed by atoms with E-state index in [1.807, 2.05) is 0 Å². The van der Waals surface area contributed by atoms with Crippen molar-refractivity contribution in [3.63, 3.8) is 0 Å². The molecule has 5 atom stereocenters. The van der Waals surface area contributed by atoms with Gasteiger partial charge in [0.25, 0.3) is 0 Å². The van der Waals surface area contributed by atoms with Crippen molar-refractivity contribution in [2.75, 3.05) is 52.9 Å². The second-order valence-electron chi connectivity index (χ2n) is 5.33. The van der Waals surface area contributed by atoms with Gasteiger partial charge in [0.05, 0.1) is 52.9 Å². The Bertz CT molecular complexity index is 288. The smallest absolute Gasteiger partial charge is 0.109 e. The van der Waals surface area contributed by atoms with E-state index in [0.717, 1.165) is 19.8 Å². The van der Waals surface area contributed by atoms with Gasteiger partial charge >= 0.3 is 0 Å². The third-order valence-corrected chi connectivity index (χ3v) is 3.38. The molecule has 0 bridgehead atoms. The van der Waals surface area contributed by atoms with Gasteiger partial charge in [0.2, 0.25) is 0 Å². The molecule has 116 valence electrons. The summed E-state index contributed by atoms with van der Waals surface area (Å²) in [5.74, 6) is 0. The van der Waals surface area contributed by atoms with Crippen molar-refractivity contribution in [1.82, 2.24) is 0 Å². The van der Waals surface area contributed by atoms with Gasteiger partial charge < -0.3 is 33.5 Å². The lowest BCUT2D eigenvalue weighted by Gasteiger charge is -2.25. The Morgan fingerprint density at radius 1 is 0.850 bits per heavy atom. The minimum absolute atomic E-state index is 0.105. The summed E-state index contributed by atoms with van der Waals surface area (Å²) in [6.07, 6.45) is -0.150. The van der Waals surface area contributed by atoms with Crippen molar-refractivity contribution in [2.45, 2.75) is 30.5 Å². The quantitative estimate of drug-likeness (QED) is 0.460. The van der Waals surface area contributed by atoms with Crippen LogP contribution >= 0.6 is 0 Å². The summed E-state index contributed by atoms with van der Waals surface area (Å²) in [5.41, 5.74) is 0. The highest BCUT2D eigenvalue weighted by atomic mass is 16.6. The first-order valence-corrected chi connectivity index (χ1v) is 7.11. The zero-order valence-electron chi connectivity index (χ0n) is 11.4. The number of rotatable bonds is 12. The van der Waals surface area contributed by atoms with Crippen molar-refractivity contribution >= 4 is 0 Å². The molecule has 0 spiro atoms. The van der Waals surface area contributed by atoms with Gasteiger partial charge in [0.15, 0.2) is 0 Å². The number of ether oxygens (including phenoxy) is 6. The fraction of sp³-hybridized carbons (Fsp3) is 1.00. The molecule has 0 aromatic rings. The summed E-state index contributed by atoms with van der Waals surface area (Å²) in [7, 11) is 0. The Kier molecular flexibility index (Phi) is 5.22. The maximum atomic E-state index is 9.47. The topological polar surface area (TPSA) is 85.5 Å². The molecule has 0 aromatic heterocycles. The van der Waals surface area contributed by atoms with Gasteiger partial charge in [-0.1, -0.05) is 0 Å². The van der Waals surface area contributed by atoms with Gasteiger partial charge in [0, 0.05) is 0 Å². The van der Waals surface area contributed by atoms with Gasteiger partial charge in [-0.15, -0.1) is 0 Å². The molecule has 3 aliphatic rings. The Morgan fingerprint density at radius 2 is 1.35 bits per heavy atom. The predicted molar refractivity (Wildman–Crippen MR) is 66.6 cm³/mol. The van der Waals surface area contributed by atoms with Crippen molar-refractivity contribution in [2.24, 2.45) is 0 Å². The van der Waals surface area contributed by atoms with Crippen LogP contribution < -0.4 is 0 Å². The third kappa shape index (κ3) is 5.25. The fourth-order valence-corrected chi connectivity index (χ4v) is 1.81. The fourth-order valence-electron chi connectivity index (χ4n) is 1.81. The molecule has 3 aliphatic heterocycles. The molecule has 3 fully saturated rings. The number of hydrogen-bond donors (Lipinski definition) is 1. The minimum Gasteiger partial charge on any atom is -0.394 e. The number of aliphatic hydroxyl groups is 1. The van der Waals surface area contributed by atoms with E-state index < -0.39 is 6.10 Å². The summed E-state index contributed by atoms with van der Waals surface area (Å²) in [6, 6.07) is 0. The number of aliphatic hydroxyl groups excluding tert-OH is 1. The van der Waals surface area contributed by atoms with Crippen LogP contribution in [-0.4, -0.2) is 88.5 Å². The van der Waals surface area contributed by atoms with Gasteiger partial charge in [-0.05, 0) is 0 Å². The van der Waals surface area contributed by atoms with Crippen molar-refractivity contribution in [3.05, 3.63) is 0 Å². The van der Waals surface area contributed by atoms with Crippen LogP contribution in [0.4, 0.5) is 0 Å². The van der Waals surface area contributed by atoms with E-state index in [0.29, 0.717) is 26.4 Å². The second-order valence-corrected chi connectivity index (χ2v) is 5.33. The van der Waals surface area contributed by atoms with Crippen molar-refractivity contribution < 1.29 is 33.5 Å². The van der Waals surface area contributed by atoms with Crippen LogP contribution in [0.2, 0.25) is 0 Å². The van der Waals surface area contributed by atoms with E-state index in [9.17, 15) is 5.11 Å². The average molecular weight is 290 g/mol. The standard InChI is InChI=1S/C13H22O7/c14-1-12(19-6-10-4-17-10)13(20-7-11-5-18-11)8-15-2-9-3-16-9/h9-14H,1-8H2. The maximum Gasteiger partial charge on any atom is 0.109 e. The van der Waals surface area contributed by atoms with E-state index in [1.165, 1.54) is 0 Å². The minimum atomic E-state index is -0.405. The number of hydrogen-bond acceptors (Lipinski definition) is 7. The molecule has 3 rings (SSSR count). The van der Waals surface area contributed by atoms with Gasteiger partial charge in [-0.25, -0.2) is 0 Å². The summed E-state index contributed by atoms with van der Waals surface area (Å²) < 4.78 is 32.3. The van der Waals surface area contributed by atoms with Gasteiger partial charge in [-0.2, -0.15) is 0 Å². The lowest BCUT2D eigenvalue weighted by molar-refractivity contribution is -0.123. The largest absolute Gasteiger partial charge is 0.394 e. The molecule has 5 unspecified atom stereocenters. The monoisotopic (exact) mass is 290 g/mol. The first-order valence-electron chi connectivity index (χ1n) is 7.11. The van der Waals surface area contributed by atoms with E-state index in [4.69, 9.17) is 28.4 Å². The molecule has 3 heterocycles. The highest BCUT2D eigenvalue weighted by Gasteiger charge is 2.31. The Labute approximate surface area is 118 Å². The van der Waals surface area contributed by atoms with E-state index in [2.05, 4.69) is 0 Å². The van der Waals surface area contributed by atoms with E-state index >= 15 is 0 Å². The Morgan fingerprint density at radius 3 is 1.85 bits per heavy atom. The van der Waals surface area contributed by atoms with Crippen LogP contribution in [0.3, 0.4) is 0 Å². The first kappa shape index (κ1) is 14.6. The Balaban J connectivity index is 1.40. The average Bonchev–Trinajstić information content (AvgIpc) is 3.26. The van der Waals surface area contributed by atoms with E-state index in [-0.39, 0.29) is 31.0 Å². The molecule has 7 nitrogen and oxygen atoms in total. The molecular formula is C13H22O7. The van der Waals surface area contributed by atoms with E-state index in [1.54, 1.807) is 0 Å². The number of epoxide rings is 3. The summed E-state index contributed by atoms with van der Waals surface area (Å²) >= 11 is 0. The van der Waals surface area contributed by atoms with Crippen LogP contribution in [0.15, 0.2) is 0 Å².